The summed E-state index contributed by atoms with van der Waals surface area (Å²) in [4.78, 5) is 0. The average Bonchev–Trinajstić information content (AvgIpc) is 2.83. The zero-order valence-electron chi connectivity index (χ0n) is 17.8. The standard InChI is InChI=1S/C20H40OS4/c1-10-22-24-15(3)17(19(7,8)9)16-12-20(14-21-16,25-23-11-2)13-18(4,5)6/h15-17H,10-14H2,1-9H3. The molecule has 1 aliphatic rings. The van der Waals surface area contributed by atoms with Crippen LogP contribution in [0.25, 0.3) is 0 Å². The van der Waals surface area contributed by atoms with Gasteiger partial charge in [0.2, 0.25) is 0 Å². The molecule has 0 aliphatic carbocycles. The number of ether oxygens (including phenoxy) is 1. The summed E-state index contributed by atoms with van der Waals surface area (Å²) in [6.45, 7) is 22.1. The Hall–Kier alpha value is 1.36. The summed E-state index contributed by atoms with van der Waals surface area (Å²) in [5.41, 5.74) is 0.612. The molecule has 25 heavy (non-hydrogen) atoms. The Labute approximate surface area is 173 Å². The molecule has 0 aromatic heterocycles. The van der Waals surface area contributed by atoms with Crippen LogP contribution in [0.3, 0.4) is 0 Å². The van der Waals surface area contributed by atoms with Gasteiger partial charge in [0, 0.05) is 22.7 Å². The highest BCUT2D eigenvalue weighted by atomic mass is 33.1. The maximum atomic E-state index is 6.54. The zero-order chi connectivity index (χ0) is 19.3. The van der Waals surface area contributed by atoms with Gasteiger partial charge in [-0.1, -0.05) is 105 Å². The molecule has 0 aromatic carbocycles. The smallest absolute Gasteiger partial charge is 0.0634 e. The van der Waals surface area contributed by atoms with Crippen molar-refractivity contribution in [3.05, 3.63) is 0 Å². The van der Waals surface area contributed by atoms with Crippen LogP contribution in [-0.2, 0) is 4.74 Å². The summed E-state index contributed by atoms with van der Waals surface area (Å²) >= 11 is 0. The van der Waals surface area contributed by atoms with Crippen LogP contribution in [0.2, 0.25) is 0 Å². The van der Waals surface area contributed by atoms with Gasteiger partial charge in [-0.3, -0.25) is 0 Å². The summed E-state index contributed by atoms with van der Waals surface area (Å²) in [5.74, 6) is 2.93. The van der Waals surface area contributed by atoms with E-state index in [-0.39, 0.29) is 10.2 Å². The van der Waals surface area contributed by atoms with Crippen LogP contribution in [0.1, 0.15) is 75.2 Å². The molecule has 0 aromatic rings. The molecule has 1 rings (SSSR count). The van der Waals surface area contributed by atoms with E-state index in [1.807, 2.05) is 21.6 Å². The van der Waals surface area contributed by atoms with Gasteiger partial charge in [-0.25, -0.2) is 0 Å². The molecule has 1 saturated heterocycles. The summed E-state index contributed by atoms with van der Waals surface area (Å²) in [6, 6.07) is 0. The molecule has 1 nitrogen and oxygen atoms in total. The first-order chi connectivity index (χ1) is 11.4. The second-order valence-electron chi connectivity index (χ2n) is 9.56. The Bertz CT molecular complexity index is 388. The van der Waals surface area contributed by atoms with Crippen molar-refractivity contribution in [3.8, 4) is 0 Å². The van der Waals surface area contributed by atoms with E-state index >= 15 is 0 Å². The van der Waals surface area contributed by atoms with Crippen molar-refractivity contribution in [2.45, 2.75) is 91.3 Å². The van der Waals surface area contributed by atoms with Gasteiger partial charge in [-0.2, -0.15) is 0 Å². The minimum absolute atomic E-state index is 0.270. The molecular weight excluding hydrogens is 384 g/mol. The first-order valence-electron chi connectivity index (χ1n) is 9.64. The summed E-state index contributed by atoms with van der Waals surface area (Å²) in [7, 11) is 8.16. The van der Waals surface area contributed by atoms with E-state index in [1.165, 1.54) is 24.3 Å². The number of rotatable bonds is 9. The number of hydrogen-bond acceptors (Lipinski definition) is 5. The lowest BCUT2D eigenvalue weighted by Gasteiger charge is -2.39. The zero-order valence-corrected chi connectivity index (χ0v) is 21.1. The highest BCUT2D eigenvalue weighted by Gasteiger charge is 2.49. The van der Waals surface area contributed by atoms with E-state index in [1.54, 1.807) is 0 Å². The molecule has 1 aliphatic heterocycles. The van der Waals surface area contributed by atoms with Gasteiger partial charge in [0.1, 0.15) is 0 Å². The fourth-order valence-electron chi connectivity index (χ4n) is 4.13. The predicted octanol–water partition coefficient (Wildman–Crippen LogP) is 7.80. The second-order valence-corrected chi connectivity index (χ2v) is 15.6. The molecule has 0 amide bonds. The largest absolute Gasteiger partial charge is 0.376 e. The van der Waals surface area contributed by atoms with E-state index < -0.39 is 0 Å². The molecular formula is C20H40OS4. The van der Waals surface area contributed by atoms with E-state index in [0.717, 1.165) is 6.61 Å². The Kier molecular flexibility index (Phi) is 9.98. The fraction of sp³-hybridized carbons (Fsp3) is 1.00. The molecule has 1 heterocycles. The second kappa shape index (κ2) is 10.2. The van der Waals surface area contributed by atoms with Crippen molar-refractivity contribution >= 4 is 43.2 Å². The SMILES string of the molecule is CCSSC(C)C(C1CC(CC(C)(C)C)(SSCC)CO1)C(C)(C)C. The minimum atomic E-state index is 0.270. The lowest BCUT2D eigenvalue weighted by atomic mass is 9.73. The minimum Gasteiger partial charge on any atom is -0.376 e. The summed E-state index contributed by atoms with van der Waals surface area (Å²) in [6.07, 6.45) is 2.81. The maximum absolute atomic E-state index is 6.54. The van der Waals surface area contributed by atoms with E-state index in [0.29, 0.717) is 22.7 Å². The first kappa shape index (κ1) is 24.4. The molecule has 0 bridgehead atoms. The molecule has 0 saturated carbocycles. The monoisotopic (exact) mass is 424 g/mol. The van der Waals surface area contributed by atoms with Crippen molar-refractivity contribution in [2.75, 3.05) is 18.1 Å². The Morgan fingerprint density at radius 1 is 1.04 bits per heavy atom. The van der Waals surface area contributed by atoms with Gasteiger partial charge in [-0.05, 0) is 23.7 Å². The molecule has 150 valence electrons. The molecule has 0 N–H and O–H groups in total. The number of hydrogen-bond donors (Lipinski definition) is 0. The summed E-state index contributed by atoms with van der Waals surface area (Å²) < 4.78 is 6.82. The first-order valence-corrected chi connectivity index (χ1v) is 14.3. The average molecular weight is 425 g/mol. The van der Waals surface area contributed by atoms with Gasteiger partial charge >= 0.3 is 0 Å². The van der Waals surface area contributed by atoms with Crippen LogP contribution in [0.15, 0.2) is 0 Å². The topological polar surface area (TPSA) is 9.23 Å². The van der Waals surface area contributed by atoms with Gasteiger partial charge in [0.15, 0.2) is 0 Å². The quantitative estimate of drug-likeness (QED) is 0.348. The van der Waals surface area contributed by atoms with Crippen molar-refractivity contribution in [1.29, 1.82) is 0 Å². The highest BCUT2D eigenvalue weighted by molar-refractivity contribution is 8.77. The van der Waals surface area contributed by atoms with Crippen LogP contribution in [-0.4, -0.2) is 34.2 Å². The van der Waals surface area contributed by atoms with Crippen LogP contribution in [0.5, 0.6) is 0 Å². The van der Waals surface area contributed by atoms with Crippen molar-refractivity contribution in [3.63, 3.8) is 0 Å². The summed E-state index contributed by atoms with van der Waals surface area (Å²) in [5, 5.41) is 0.615. The Balaban J connectivity index is 2.95. The maximum Gasteiger partial charge on any atom is 0.0634 e. The van der Waals surface area contributed by atoms with E-state index in [4.69, 9.17) is 4.74 Å². The Morgan fingerprint density at radius 3 is 2.12 bits per heavy atom. The molecule has 4 atom stereocenters. The highest BCUT2D eigenvalue weighted by Crippen LogP contribution is 2.53. The lowest BCUT2D eigenvalue weighted by Crippen LogP contribution is -2.39. The predicted molar refractivity (Wildman–Crippen MR) is 125 cm³/mol. The van der Waals surface area contributed by atoms with Crippen LogP contribution < -0.4 is 0 Å². The third-order valence-electron chi connectivity index (χ3n) is 4.58. The van der Waals surface area contributed by atoms with Crippen molar-refractivity contribution in [1.82, 2.24) is 0 Å². The van der Waals surface area contributed by atoms with Crippen LogP contribution in [0.4, 0.5) is 0 Å². The van der Waals surface area contributed by atoms with E-state index in [9.17, 15) is 0 Å². The third-order valence-corrected chi connectivity index (χ3v) is 10.8. The van der Waals surface area contributed by atoms with Crippen molar-refractivity contribution in [2.24, 2.45) is 16.7 Å². The van der Waals surface area contributed by atoms with Gasteiger partial charge in [-0.15, -0.1) is 0 Å². The van der Waals surface area contributed by atoms with Crippen LogP contribution >= 0.6 is 43.2 Å². The van der Waals surface area contributed by atoms with Crippen molar-refractivity contribution < 1.29 is 4.74 Å². The molecule has 5 heteroatoms. The molecule has 0 radical (unpaired) electrons. The molecule has 1 fully saturated rings. The Morgan fingerprint density at radius 2 is 1.64 bits per heavy atom. The van der Waals surface area contributed by atoms with Gasteiger partial charge in [0.05, 0.1) is 17.5 Å². The van der Waals surface area contributed by atoms with E-state index in [2.05, 4.69) is 83.9 Å². The normalized spacial score (nSPS) is 27.5. The molecule has 0 spiro atoms. The fourth-order valence-corrected chi connectivity index (χ4v) is 9.44. The van der Waals surface area contributed by atoms with Gasteiger partial charge < -0.3 is 4.74 Å². The third kappa shape index (κ3) is 8.09. The van der Waals surface area contributed by atoms with Gasteiger partial charge in [0.25, 0.3) is 0 Å². The lowest BCUT2D eigenvalue weighted by molar-refractivity contribution is 0.0163. The van der Waals surface area contributed by atoms with Crippen LogP contribution in [0, 0.1) is 16.7 Å². The molecule has 4 unspecified atom stereocenters.